The van der Waals surface area contributed by atoms with Gasteiger partial charge < -0.3 is 15.4 Å². The summed E-state index contributed by atoms with van der Waals surface area (Å²) in [7, 11) is 0. The summed E-state index contributed by atoms with van der Waals surface area (Å²) in [5.41, 5.74) is 0. The van der Waals surface area contributed by atoms with Crippen molar-refractivity contribution in [2.75, 3.05) is 26.2 Å². The van der Waals surface area contributed by atoms with E-state index in [1.54, 1.807) is 0 Å². The van der Waals surface area contributed by atoms with Crippen LogP contribution in [-0.2, 0) is 14.3 Å². The number of amides is 2. The lowest BCUT2D eigenvalue weighted by molar-refractivity contribution is -0.131. The fraction of sp³-hybridized carbons (Fsp3) is 0.857. The molecule has 6 nitrogen and oxygen atoms in total. The van der Waals surface area contributed by atoms with Gasteiger partial charge in [-0.05, 0) is 33.1 Å². The first-order chi connectivity index (χ1) is 9.56. The summed E-state index contributed by atoms with van der Waals surface area (Å²) in [6, 6.07) is -0.140. The Morgan fingerprint density at radius 3 is 3.05 bits per heavy atom. The summed E-state index contributed by atoms with van der Waals surface area (Å²) < 4.78 is 5.55. The maximum absolute atomic E-state index is 12.1. The van der Waals surface area contributed by atoms with Gasteiger partial charge >= 0.3 is 0 Å². The summed E-state index contributed by atoms with van der Waals surface area (Å²) in [6.07, 6.45) is 2.83. The SMILES string of the molecule is C[C@@H]1CN(CC(=O)N[C@@H]2CCCCNC2=O)[C@H](C)CO1. The van der Waals surface area contributed by atoms with Gasteiger partial charge in [0, 0.05) is 19.1 Å². The Morgan fingerprint density at radius 2 is 2.25 bits per heavy atom. The van der Waals surface area contributed by atoms with Crippen molar-refractivity contribution >= 4 is 11.8 Å². The van der Waals surface area contributed by atoms with E-state index in [1.807, 2.05) is 6.92 Å². The van der Waals surface area contributed by atoms with Crippen molar-refractivity contribution in [3.05, 3.63) is 0 Å². The predicted octanol–water partition coefficient (Wildman–Crippen LogP) is -0.119. The van der Waals surface area contributed by atoms with E-state index < -0.39 is 0 Å². The first-order valence-corrected chi connectivity index (χ1v) is 7.49. The fourth-order valence-corrected chi connectivity index (χ4v) is 2.69. The van der Waals surface area contributed by atoms with Crippen LogP contribution in [0.1, 0.15) is 33.1 Å². The summed E-state index contributed by atoms with van der Waals surface area (Å²) in [4.78, 5) is 26.0. The van der Waals surface area contributed by atoms with Crippen molar-refractivity contribution in [2.45, 2.75) is 51.3 Å². The Balaban J connectivity index is 1.83. The standard InChI is InChI=1S/C14H25N3O3/c1-10-9-20-11(2)7-17(10)8-13(18)16-12-5-3-4-6-15-14(12)19/h10-12H,3-9H2,1-2H3,(H,15,19)(H,16,18)/t10-,11-,12-/m1/s1. The molecule has 3 atom stereocenters. The minimum absolute atomic E-state index is 0.0563. The van der Waals surface area contributed by atoms with Crippen LogP contribution in [0.5, 0.6) is 0 Å². The molecule has 0 aromatic carbocycles. The monoisotopic (exact) mass is 283 g/mol. The molecule has 0 bridgehead atoms. The molecule has 2 aliphatic rings. The number of rotatable bonds is 3. The molecule has 20 heavy (non-hydrogen) atoms. The Morgan fingerprint density at radius 1 is 1.45 bits per heavy atom. The van der Waals surface area contributed by atoms with E-state index >= 15 is 0 Å². The van der Waals surface area contributed by atoms with Crippen molar-refractivity contribution in [1.29, 1.82) is 0 Å². The van der Waals surface area contributed by atoms with Crippen LogP contribution >= 0.6 is 0 Å². The third kappa shape index (κ3) is 4.18. The van der Waals surface area contributed by atoms with Crippen LogP contribution in [0.4, 0.5) is 0 Å². The minimum Gasteiger partial charge on any atom is -0.376 e. The average Bonchev–Trinajstić information content (AvgIpc) is 2.59. The van der Waals surface area contributed by atoms with Gasteiger partial charge in [-0.3, -0.25) is 14.5 Å². The van der Waals surface area contributed by atoms with Gasteiger partial charge in [0.05, 0.1) is 19.3 Å². The zero-order valence-electron chi connectivity index (χ0n) is 12.4. The second-order valence-corrected chi connectivity index (χ2v) is 5.83. The second-order valence-electron chi connectivity index (χ2n) is 5.83. The van der Waals surface area contributed by atoms with E-state index in [9.17, 15) is 9.59 Å². The van der Waals surface area contributed by atoms with E-state index in [-0.39, 0.29) is 30.0 Å². The molecule has 2 fully saturated rings. The molecule has 6 heteroatoms. The third-order valence-electron chi connectivity index (χ3n) is 3.95. The molecular weight excluding hydrogens is 258 g/mol. The van der Waals surface area contributed by atoms with Crippen LogP contribution in [0.3, 0.4) is 0 Å². The molecule has 2 saturated heterocycles. The highest BCUT2D eigenvalue weighted by atomic mass is 16.5. The number of nitrogens with one attached hydrogen (secondary N) is 2. The number of carbonyl (C=O) groups excluding carboxylic acids is 2. The summed E-state index contributed by atoms with van der Waals surface area (Å²) in [5.74, 6) is -0.132. The molecule has 2 heterocycles. The molecule has 114 valence electrons. The fourth-order valence-electron chi connectivity index (χ4n) is 2.69. The Hall–Kier alpha value is -1.14. The number of ether oxygens (including phenoxy) is 1. The van der Waals surface area contributed by atoms with E-state index in [1.165, 1.54) is 0 Å². The van der Waals surface area contributed by atoms with Gasteiger partial charge in [-0.1, -0.05) is 0 Å². The number of hydrogen-bond donors (Lipinski definition) is 2. The van der Waals surface area contributed by atoms with Crippen LogP contribution in [0.2, 0.25) is 0 Å². The van der Waals surface area contributed by atoms with Crippen LogP contribution < -0.4 is 10.6 Å². The normalized spacial score (nSPS) is 32.3. The molecule has 0 spiro atoms. The lowest BCUT2D eigenvalue weighted by atomic mass is 10.1. The van der Waals surface area contributed by atoms with Crippen LogP contribution in [0.15, 0.2) is 0 Å². The van der Waals surface area contributed by atoms with E-state index in [0.29, 0.717) is 19.7 Å². The molecule has 0 unspecified atom stereocenters. The van der Waals surface area contributed by atoms with Crippen molar-refractivity contribution in [1.82, 2.24) is 15.5 Å². The highest BCUT2D eigenvalue weighted by Crippen LogP contribution is 2.11. The number of nitrogens with zero attached hydrogens (tertiary/aromatic N) is 1. The molecule has 0 radical (unpaired) electrons. The second kappa shape index (κ2) is 7.04. The van der Waals surface area contributed by atoms with Gasteiger partial charge in [-0.25, -0.2) is 0 Å². The Labute approximate surface area is 120 Å². The topological polar surface area (TPSA) is 70.7 Å². The minimum atomic E-state index is -0.376. The van der Waals surface area contributed by atoms with Gasteiger partial charge in [0.15, 0.2) is 0 Å². The van der Waals surface area contributed by atoms with Gasteiger partial charge in [-0.15, -0.1) is 0 Å². The van der Waals surface area contributed by atoms with Crippen molar-refractivity contribution in [2.24, 2.45) is 0 Å². The van der Waals surface area contributed by atoms with E-state index in [4.69, 9.17) is 4.74 Å². The first-order valence-electron chi connectivity index (χ1n) is 7.49. The molecule has 2 aliphatic heterocycles. The Bertz CT molecular complexity index is 362. The average molecular weight is 283 g/mol. The number of morpholine rings is 1. The van der Waals surface area contributed by atoms with E-state index in [0.717, 1.165) is 25.8 Å². The third-order valence-corrected chi connectivity index (χ3v) is 3.95. The maximum Gasteiger partial charge on any atom is 0.242 e. The van der Waals surface area contributed by atoms with Crippen LogP contribution in [-0.4, -0.2) is 61.1 Å². The Kier molecular flexibility index (Phi) is 5.37. The number of hydrogen-bond acceptors (Lipinski definition) is 4. The van der Waals surface area contributed by atoms with E-state index in [2.05, 4.69) is 22.5 Å². The predicted molar refractivity (Wildman–Crippen MR) is 75.2 cm³/mol. The zero-order chi connectivity index (χ0) is 14.5. The molecule has 0 saturated carbocycles. The largest absolute Gasteiger partial charge is 0.376 e. The van der Waals surface area contributed by atoms with Gasteiger partial charge in [0.1, 0.15) is 6.04 Å². The first kappa shape index (κ1) is 15.3. The van der Waals surface area contributed by atoms with Gasteiger partial charge in [0.25, 0.3) is 0 Å². The molecule has 2 N–H and O–H groups in total. The molecule has 2 rings (SSSR count). The summed E-state index contributed by atoms with van der Waals surface area (Å²) in [5, 5.41) is 5.69. The van der Waals surface area contributed by atoms with Crippen LogP contribution in [0.25, 0.3) is 0 Å². The van der Waals surface area contributed by atoms with Crippen LogP contribution in [0, 0.1) is 0 Å². The molecule has 0 aromatic heterocycles. The molecule has 2 amide bonds. The molecular formula is C14H25N3O3. The maximum atomic E-state index is 12.1. The zero-order valence-corrected chi connectivity index (χ0v) is 12.4. The number of carbonyl (C=O) groups is 2. The molecule has 0 aliphatic carbocycles. The summed E-state index contributed by atoms with van der Waals surface area (Å²) in [6.45, 7) is 6.51. The molecule has 0 aromatic rings. The quantitative estimate of drug-likeness (QED) is 0.757. The van der Waals surface area contributed by atoms with Crippen molar-refractivity contribution < 1.29 is 14.3 Å². The lowest BCUT2D eigenvalue weighted by Crippen LogP contribution is -2.53. The van der Waals surface area contributed by atoms with Gasteiger partial charge in [0.2, 0.25) is 11.8 Å². The van der Waals surface area contributed by atoms with Gasteiger partial charge in [-0.2, -0.15) is 0 Å². The highest BCUT2D eigenvalue weighted by Gasteiger charge is 2.27. The summed E-state index contributed by atoms with van der Waals surface area (Å²) >= 11 is 0. The highest BCUT2D eigenvalue weighted by molar-refractivity contribution is 5.88. The van der Waals surface area contributed by atoms with Crippen molar-refractivity contribution in [3.63, 3.8) is 0 Å². The smallest absolute Gasteiger partial charge is 0.242 e. The lowest BCUT2D eigenvalue weighted by Gasteiger charge is -2.36. The van der Waals surface area contributed by atoms with Crippen molar-refractivity contribution in [3.8, 4) is 0 Å².